The van der Waals surface area contributed by atoms with Crippen molar-refractivity contribution in [1.29, 1.82) is 0 Å². The van der Waals surface area contributed by atoms with Crippen LogP contribution in [-0.2, 0) is 4.79 Å². The summed E-state index contributed by atoms with van der Waals surface area (Å²) in [5.41, 5.74) is 0.236. The maximum absolute atomic E-state index is 10.8. The maximum Gasteiger partial charge on any atom is 0.319 e. The first-order chi connectivity index (χ1) is 8.99. The summed E-state index contributed by atoms with van der Waals surface area (Å²) in [5.74, 6) is 0.192. The molecule has 2 N–H and O–H groups in total. The van der Waals surface area contributed by atoms with Crippen molar-refractivity contribution in [1.82, 2.24) is 9.97 Å². The molecular weight excluding hydrogens is 272 g/mol. The van der Waals surface area contributed by atoms with Gasteiger partial charge in [-0.2, -0.15) is 4.98 Å². The normalized spacial score (nSPS) is 13.7. The number of carbonyl (C=O) groups excluding carboxylic acids is 1. The molecule has 1 aromatic rings. The molecule has 2 atom stereocenters. The van der Waals surface area contributed by atoms with Gasteiger partial charge in [0.05, 0.1) is 25.9 Å². The average molecular weight is 288 g/mol. The summed E-state index contributed by atoms with van der Waals surface area (Å²) in [7, 11) is 2.79. The number of hydrogen-bond acceptors (Lipinski definition) is 8. The molecule has 0 saturated heterocycles. The molecule has 0 aliphatic heterocycles. The van der Waals surface area contributed by atoms with Gasteiger partial charge in [-0.1, -0.05) is 11.8 Å². The Hall–Kier alpha value is -1.38. The number of nitrogens with zero attached hydrogens (tertiary/aromatic N) is 2. The standard InChI is InChI=1S/C11H16N2O5S/c1-6(14)19-5-8(15)9(16)7-4-12-11(18-3)13-10(7)17-2/h4,8-9,15-16H,5H2,1-3H3. The quantitative estimate of drug-likeness (QED) is 0.763. The van der Waals surface area contributed by atoms with E-state index in [0.29, 0.717) is 0 Å². The highest BCUT2D eigenvalue weighted by atomic mass is 32.2. The first kappa shape index (κ1) is 15.7. The lowest BCUT2D eigenvalue weighted by Crippen LogP contribution is -2.22. The third-order valence-electron chi connectivity index (χ3n) is 2.27. The second-order valence-electron chi connectivity index (χ2n) is 3.64. The summed E-state index contributed by atoms with van der Waals surface area (Å²) in [6.45, 7) is 1.39. The van der Waals surface area contributed by atoms with E-state index in [9.17, 15) is 15.0 Å². The second-order valence-corrected chi connectivity index (χ2v) is 4.83. The summed E-state index contributed by atoms with van der Waals surface area (Å²) in [6, 6.07) is 0.0976. The molecule has 19 heavy (non-hydrogen) atoms. The molecule has 0 aromatic carbocycles. The minimum Gasteiger partial charge on any atom is -0.481 e. The van der Waals surface area contributed by atoms with Gasteiger partial charge in [-0.05, 0) is 0 Å². The third-order valence-corrected chi connectivity index (χ3v) is 3.19. The van der Waals surface area contributed by atoms with Gasteiger partial charge in [0.15, 0.2) is 5.12 Å². The molecule has 0 aliphatic carbocycles. The molecule has 0 bridgehead atoms. The van der Waals surface area contributed by atoms with Crippen LogP contribution in [0.2, 0.25) is 0 Å². The highest BCUT2D eigenvalue weighted by Crippen LogP contribution is 2.27. The van der Waals surface area contributed by atoms with Gasteiger partial charge in [0.2, 0.25) is 5.88 Å². The molecule has 2 unspecified atom stereocenters. The van der Waals surface area contributed by atoms with Crippen LogP contribution in [0.25, 0.3) is 0 Å². The largest absolute Gasteiger partial charge is 0.481 e. The van der Waals surface area contributed by atoms with Crippen molar-refractivity contribution in [3.63, 3.8) is 0 Å². The van der Waals surface area contributed by atoms with Crippen molar-refractivity contribution in [2.75, 3.05) is 20.0 Å². The predicted molar refractivity (Wildman–Crippen MR) is 69.2 cm³/mol. The number of aliphatic hydroxyl groups excluding tert-OH is 2. The molecule has 0 saturated carbocycles. The van der Waals surface area contributed by atoms with Gasteiger partial charge in [0.25, 0.3) is 0 Å². The summed E-state index contributed by atoms with van der Waals surface area (Å²) in [6.07, 6.45) is -1.05. The Morgan fingerprint density at radius 3 is 2.63 bits per heavy atom. The van der Waals surface area contributed by atoms with E-state index in [1.807, 2.05) is 0 Å². The number of carbonyl (C=O) groups is 1. The summed E-state index contributed by atoms with van der Waals surface area (Å²) in [5, 5.41) is 19.7. The second kappa shape index (κ2) is 7.27. The first-order valence-corrected chi connectivity index (χ1v) is 6.42. The summed E-state index contributed by atoms with van der Waals surface area (Å²) in [4.78, 5) is 18.6. The Balaban J connectivity index is 2.85. The van der Waals surface area contributed by atoms with Crippen LogP contribution in [0.3, 0.4) is 0 Å². The van der Waals surface area contributed by atoms with Crippen LogP contribution < -0.4 is 9.47 Å². The zero-order valence-corrected chi connectivity index (χ0v) is 11.7. The minimum atomic E-state index is -1.24. The van der Waals surface area contributed by atoms with Gasteiger partial charge in [-0.15, -0.1) is 0 Å². The number of methoxy groups -OCH3 is 2. The number of aliphatic hydroxyl groups is 2. The zero-order valence-electron chi connectivity index (χ0n) is 10.9. The van der Waals surface area contributed by atoms with Gasteiger partial charge in [0.1, 0.15) is 6.10 Å². The van der Waals surface area contributed by atoms with Crippen molar-refractivity contribution in [2.24, 2.45) is 0 Å². The third kappa shape index (κ3) is 4.34. The van der Waals surface area contributed by atoms with Crippen molar-refractivity contribution in [3.8, 4) is 11.9 Å². The topological polar surface area (TPSA) is 102 Å². The lowest BCUT2D eigenvalue weighted by Gasteiger charge is -2.18. The van der Waals surface area contributed by atoms with E-state index >= 15 is 0 Å². The van der Waals surface area contributed by atoms with Gasteiger partial charge < -0.3 is 19.7 Å². The van der Waals surface area contributed by atoms with E-state index in [0.717, 1.165) is 11.8 Å². The summed E-state index contributed by atoms with van der Waals surface area (Å²) < 4.78 is 9.84. The number of rotatable bonds is 6. The Morgan fingerprint density at radius 2 is 2.11 bits per heavy atom. The van der Waals surface area contributed by atoms with E-state index < -0.39 is 12.2 Å². The molecule has 1 rings (SSSR count). The van der Waals surface area contributed by atoms with Gasteiger partial charge in [-0.3, -0.25) is 4.79 Å². The number of ether oxygens (including phenoxy) is 2. The number of thioether (sulfide) groups is 1. The van der Waals surface area contributed by atoms with Gasteiger partial charge in [-0.25, -0.2) is 4.98 Å². The van der Waals surface area contributed by atoms with E-state index in [1.165, 1.54) is 27.3 Å². The number of aromatic nitrogens is 2. The molecule has 0 amide bonds. The van der Waals surface area contributed by atoms with E-state index in [2.05, 4.69) is 9.97 Å². The van der Waals surface area contributed by atoms with E-state index in [4.69, 9.17) is 9.47 Å². The molecule has 0 radical (unpaired) electrons. The predicted octanol–water partition coefficient (Wildman–Crippen LogP) is 0.168. The van der Waals surface area contributed by atoms with Crippen LogP contribution in [0.15, 0.2) is 6.20 Å². The van der Waals surface area contributed by atoms with Crippen molar-refractivity contribution >= 4 is 16.9 Å². The summed E-state index contributed by atoms with van der Waals surface area (Å²) >= 11 is 0.928. The Labute approximate surface area is 115 Å². The smallest absolute Gasteiger partial charge is 0.319 e. The molecular formula is C11H16N2O5S. The van der Waals surface area contributed by atoms with Crippen LogP contribution in [0.5, 0.6) is 11.9 Å². The van der Waals surface area contributed by atoms with Crippen LogP contribution in [0, 0.1) is 0 Å². The van der Waals surface area contributed by atoms with Gasteiger partial charge >= 0.3 is 6.01 Å². The number of hydrogen-bond donors (Lipinski definition) is 2. The molecule has 0 fully saturated rings. The fourth-order valence-corrected chi connectivity index (χ4v) is 1.91. The van der Waals surface area contributed by atoms with Crippen LogP contribution in [-0.4, -0.2) is 51.4 Å². The highest BCUT2D eigenvalue weighted by Gasteiger charge is 2.24. The molecule has 1 aromatic heterocycles. The maximum atomic E-state index is 10.8. The van der Waals surface area contributed by atoms with E-state index in [-0.39, 0.29) is 28.3 Å². The fourth-order valence-electron chi connectivity index (χ4n) is 1.33. The Morgan fingerprint density at radius 1 is 1.42 bits per heavy atom. The lowest BCUT2D eigenvalue weighted by atomic mass is 10.1. The van der Waals surface area contributed by atoms with Crippen LogP contribution in [0.1, 0.15) is 18.6 Å². The highest BCUT2D eigenvalue weighted by molar-refractivity contribution is 8.13. The molecule has 7 nitrogen and oxygen atoms in total. The molecule has 0 aliphatic rings. The average Bonchev–Trinajstić information content (AvgIpc) is 2.42. The van der Waals surface area contributed by atoms with Crippen molar-refractivity contribution in [2.45, 2.75) is 19.1 Å². The molecule has 8 heteroatoms. The molecule has 1 heterocycles. The van der Waals surface area contributed by atoms with Crippen molar-refractivity contribution < 1.29 is 24.5 Å². The van der Waals surface area contributed by atoms with E-state index in [1.54, 1.807) is 0 Å². The van der Waals surface area contributed by atoms with Gasteiger partial charge in [0, 0.05) is 18.9 Å². The minimum absolute atomic E-state index is 0.0751. The SMILES string of the molecule is COc1ncc(C(O)C(O)CSC(C)=O)c(OC)n1. The van der Waals surface area contributed by atoms with Crippen molar-refractivity contribution in [3.05, 3.63) is 11.8 Å². The monoisotopic (exact) mass is 288 g/mol. The lowest BCUT2D eigenvalue weighted by molar-refractivity contribution is -0.109. The molecule has 0 spiro atoms. The zero-order chi connectivity index (χ0) is 14.4. The Kier molecular flexibility index (Phi) is 6.00. The Bertz CT molecular complexity index is 443. The first-order valence-electron chi connectivity index (χ1n) is 5.44. The molecule has 106 valence electrons. The van der Waals surface area contributed by atoms with Crippen LogP contribution >= 0.6 is 11.8 Å². The van der Waals surface area contributed by atoms with Crippen LogP contribution in [0.4, 0.5) is 0 Å². The fraction of sp³-hybridized carbons (Fsp3) is 0.545.